The third-order valence-corrected chi connectivity index (χ3v) is 2.83. The molecule has 0 aliphatic heterocycles. The van der Waals surface area contributed by atoms with Gasteiger partial charge in [-0.05, 0) is 5.92 Å². The number of amides is 1. The van der Waals surface area contributed by atoms with E-state index in [1.165, 1.54) is 0 Å². The predicted octanol–water partition coefficient (Wildman–Crippen LogP) is 2.42. The number of hydrogen-bond acceptors (Lipinski definition) is 2. The van der Waals surface area contributed by atoms with Gasteiger partial charge in [0, 0.05) is 12.1 Å². The van der Waals surface area contributed by atoms with E-state index >= 15 is 0 Å². The number of carbonyl (C=O) groups is 1. The maximum atomic E-state index is 13.3. The maximum Gasteiger partial charge on any atom is 0.241 e. The van der Waals surface area contributed by atoms with E-state index in [0.717, 1.165) is 0 Å². The third kappa shape index (κ3) is 3.22. The molecule has 1 rings (SSSR count). The highest BCUT2D eigenvalue weighted by atomic mass is 19.2. The summed E-state index contributed by atoms with van der Waals surface area (Å²) in [5.41, 5.74) is 5.22. The summed E-state index contributed by atoms with van der Waals surface area (Å²) in [5, 5.41) is 2.15. The van der Waals surface area contributed by atoms with Gasteiger partial charge in [0.2, 0.25) is 5.91 Å². The second-order valence-electron chi connectivity index (χ2n) is 4.15. The maximum absolute atomic E-state index is 13.3. The lowest BCUT2D eigenvalue weighted by atomic mass is 9.99. The molecule has 6 heteroatoms. The van der Waals surface area contributed by atoms with Gasteiger partial charge < -0.3 is 11.1 Å². The Morgan fingerprint density at radius 2 is 1.83 bits per heavy atom. The largest absolute Gasteiger partial charge is 0.322 e. The van der Waals surface area contributed by atoms with E-state index in [4.69, 9.17) is 5.73 Å². The molecule has 2 unspecified atom stereocenters. The highest BCUT2D eigenvalue weighted by Gasteiger charge is 2.21. The van der Waals surface area contributed by atoms with Crippen LogP contribution in [0, 0.1) is 23.4 Å². The average Bonchev–Trinajstić information content (AvgIpc) is 2.33. The molecule has 0 aromatic heterocycles. The van der Waals surface area contributed by atoms with Crippen molar-refractivity contribution in [2.45, 2.75) is 26.3 Å². The zero-order chi connectivity index (χ0) is 13.9. The molecule has 0 saturated heterocycles. The number of nitrogens with two attached hydrogens (primary N) is 1. The first-order valence-corrected chi connectivity index (χ1v) is 5.57. The number of rotatable bonds is 4. The highest BCUT2D eigenvalue weighted by Crippen LogP contribution is 2.19. The molecule has 100 valence electrons. The van der Waals surface area contributed by atoms with Crippen LogP contribution < -0.4 is 11.1 Å². The van der Waals surface area contributed by atoms with E-state index in [0.29, 0.717) is 18.6 Å². The summed E-state index contributed by atoms with van der Waals surface area (Å²) in [4.78, 5) is 11.6. The lowest BCUT2D eigenvalue weighted by molar-refractivity contribution is -0.118. The minimum atomic E-state index is -1.31. The van der Waals surface area contributed by atoms with Crippen LogP contribution in [0.25, 0.3) is 0 Å². The minimum absolute atomic E-state index is 0.0987. The lowest BCUT2D eigenvalue weighted by Gasteiger charge is -2.18. The molecular formula is C12H15F3N2O. The van der Waals surface area contributed by atoms with E-state index in [-0.39, 0.29) is 5.92 Å². The van der Waals surface area contributed by atoms with Gasteiger partial charge >= 0.3 is 0 Å². The fourth-order valence-corrected chi connectivity index (χ4v) is 1.35. The van der Waals surface area contributed by atoms with E-state index in [2.05, 4.69) is 5.32 Å². The van der Waals surface area contributed by atoms with Gasteiger partial charge in [-0.15, -0.1) is 0 Å². The van der Waals surface area contributed by atoms with Gasteiger partial charge in [-0.3, -0.25) is 4.79 Å². The van der Waals surface area contributed by atoms with Gasteiger partial charge in [0.15, 0.2) is 11.6 Å². The summed E-state index contributed by atoms with van der Waals surface area (Å²) in [5.74, 6) is -4.31. The zero-order valence-electron chi connectivity index (χ0n) is 10.1. The Kier molecular flexibility index (Phi) is 4.72. The number of carbonyl (C=O) groups excluding carboxylic acids is 1. The van der Waals surface area contributed by atoms with E-state index in [1.54, 1.807) is 6.92 Å². The van der Waals surface area contributed by atoms with Crippen molar-refractivity contribution in [3.63, 3.8) is 0 Å². The molecule has 1 amide bonds. The van der Waals surface area contributed by atoms with Crippen molar-refractivity contribution in [2.24, 2.45) is 11.7 Å². The molecule has 3 N–H and O–H groups in total. The lowest BCUT2D eigenvalue weighted by Crippen LogP contribution is -2.40. The molecule has 1 aromatic rings. The summed E-state index contributed by atoms with van der Waals surface area (Å²) in [6, 6.07) is 0.133. The van der Waals surface area contributed by atoms with Crippen LogP contribution in [0.2, 0.25) is 0 Å². The Labute approximate surface area is 103 Å². The van der Waals surface area contributed by atoms with Crippen LogP contribution in [-0.4, -0.2) is 11.9 Å². The molecule has 1 aromatic carbocycles. The van der Waals surface area contributed by atoms with Gasteiger partial charge in [-0.1, -0.05) is 20.3 Å². The molecule has 18 heavy (non-hydrogen) atoms. The van der Waals surface area contributed by atoms with Crippen molar-refractivity contribution >= 4 is 11.6 Å². The number of halogens is 3. The summed E-state index contributed by atoms with van der Waals surface area (Å²) in [6.45, 7) is 3.63. The average molecular weight is 260 g/mol. The van der Waals surface area contributed by atoms with Crippen LogP contribution in [0.15, 0.2) is 12.1 Å². The van der Waals surface area contributed by atoms with Gasteiger partial charge in [0.05, 0.1) is 11.7 Å². The van der Waals surface area contributed by atoms with Gasteiger partial charge in [-0.2, -0.15) is 0 Å². The number of hydrogen-bond donors (Lipinski definition) is 2. The van der Waals surface area contributed by atoms with Crippen LogP contribution in [0.5, 0.6) is 0 Å². The molecule has 3 nitrogen and oxygen atoms in total. The molecule has 0 aliphatic rings. The van der Waals surface area contributed by atoms with Crippen LogP contribution in [0.4, 0.5) is 18.9 Å². The molecular weight excluding hydrogens is 245 g/mol. The van der Waals surface area contributed by atoms with Crippen LogP contribution in [-0.2, 0) is 4.79 Å². The molecule has 0 radical (unpaired) electrons. The second-order valence-corrected chi connectivity index (χ2v) is 4.15. The molecule has 0 saturated carbocycles. The van der Waals surface area contributed by atoms with Crippen molar-refractivity contribution in [3.05, 3.63) is 29.6 Å². The Hall–Kier alpha value is -1.56. The summed E-state index contributed by atoms with van der Waals surface area (Å²) >= 11 is 0. The number of benzene rings is 1. The van der Waals surface area contributed by atoms with E-state index in [9.17, 15) is 18.0 Å². The summed E-state index contributed by atoms with van der Waals surface area (Å²) in [6.07, 6.45) is 0.675. The first kappa shape index (κ1) is 14.5. The Morgan fingerprint density at radius 3 is 2.39 bits per heavy atom. The molecule has 2 atom stereocenters. The first-order chi connectivity index (χ1) is 8.36. The quantitative estimate of drug-likeness (QED) is 0.817. The highest BCUT2D eigenvalue weighted by molar-refractivity contribution is 5.94. The fourth-order valence-electron chi connectivity index (χ4n) is 1.35. The SMILES string of the molecule is CCC(C)C(N)C(=O)Nc1cc(F)c(F)cc1F. The molecule has 0 aliphatic carbocycles. The predicted molar refractivity (Wildman–Crippen MR) is 62.4 cm³/mol. The Morgan fingerprint density at radius 1 is 1.28 bits per heavy atom. The molecule has 0 spiro atoms. The monoisotopic (exact) mass is 260 g/mol. The Balaban J connectivity index is 2.85. The topological polar surface area (TPSA) is 55.1 Å². The molecule has 0 heterocycles. The molecule has 0 fully saturated rings. The number of nitrogens with one attached hydrogen (secondary N) is 1. The van der Waals surface area contributed by atoms with Crippen molar-refractivity contribution < 1.29 is 18.0 Å². The van der Waals surface area contributed by atoms with E-state index in [1.807, 2.05) is 6.92 Å². The van der Waals surface area contributed by atoms with Crippen LogP contribution in [0.1, 0.15) is 20.3 Å². The summed E-state index contributed by atoms with van der Waals surface area (Å²) in [7, 11) is 0. The van der Waals surface area contributed by atoms with Gasteiger partial charge in [0.1, 0.15) is 5.82 Å². The minimum Gasteiger partial charge on any atom is -0.322 e. The Bertz CT molecular complexity index is 451. The normalized spacial score (nSPS) is 14.1. The standard InChI is InChI=1S/C12H15F3N2O/c1-3-6(2)11(16)12(18)17-10-5-8(14)7(13)4-9(10)15/h4-6,11H,3,16H2,1-2H3,(H,17,18). The first-order valence-electron chi connectivity index (χ1n) is 5.57. The van der Waals surface area contributed by atoms with Crippen molar-refractivity contribution in [1.82, 2.24) is 0 Å². The van der Waals surface area contributed by atoms with Crippen LogP contribution in [0.3, 0.4) is 0 Å². The van der Waals surface area contributed by atoms with Gasteiger partial charge in [0.25, 0.3) is 0 Å². The molecule has 0 bridgehead atoms. The fraction of sp³-hybridized carbons (Fsp3) is 0.417. The second kappa shape index (κ2) is 5.86. The zero-order valence-corrected chi connectivity index (χ0v) is 10.1. The van der Waals surface area contributed by atoms with Crippen LogP contribution >= 0.6 is 0 Å². The van der Waals surface area contributed by atoms with Crippen molar-refractivity contribution in [2.75, 3.05) is 5.32 Å². The number of anilines is 1. The summed E-state index contributed by atoms with van der Waals surface area (Å²) < 4.78 is 38.9. The van der Waals surface area contributed by atoms with Crippen molar-refractivity contribution in [3.8, 4) is 0 Å². The van der Waals surface area contributed by atoms with Crippen molar-refractivity contribution in [1.29, 1.82) is 0 Å². The van der Waals surface area contributed by atoms with Gasteiger partial charge in [-0.25, -0.2) is 13.2 Å². The third-order valence-electron chi connectivity index (χ3n) is 2.83. The van der Waals surface area contributed by atoms with E-state index < -0.39 is 35.1 Å². The smallest absolute Gasteiger partial charge is 0.241 e.